The zero-order chi connectivity index (χ0) is 34.6. The fourth-order valence-electron chi connectivity index (χ4n) is 5.15. The standard InChI is InChI=1S/C34H44F2N4O5S2/c1-34(2,3)31(40(30(41)22-47-21-28(37)32(42)43)14-8-13-38-33(44)45-15-16-46-4)29-17-24(26-18-25(35)11-12-27(26)36)20-39(29)19-23-9-6-5-7-10-23/h5-7,9-12,17-18,20,28,31H,8,13-16,19,21-22,37H2,1-4H3,(H,38,44)(H,42,43)/t28-,31?/m0/s1. The number of ether oxygens (including phenoxy) is 1. The number of rotatable bonds is 17. The minimum atomic E-state index is -1.15. The maximum Gasteiger partial charge on any atom is 0.407 e. The van der Waals surface area contributed by atoms with Crippen molar-refractivity contribution in [1.29, 1.82) is 0 Å². The number of hydrogen-bond acceptors (Lipinski definition) is 7. The second-order valence-corrected chi connectivity index (χ2v) is 14.1. The number of halogens is 2. The van der Waals surface area contributed by atoms with Crippen LogP contribution in [0.25, 0.3) is 11.1 Å². The largest absolute Gasteiger partial charge is 0.480 e. The number of nitrogens with one attached hydrogen (secondary N) is 1. The van der Waals surface area contributed by atoms with Crippen molar-refractivity contribution in [3.05, 3.63) is 83.7 Å². The van der Waals surface area contributed by atoms with Crippen LogP contribution < -0.4 is 11.1 Å². The molecule has 0 saturated heterocycles. The third-order valence-corrected chi connectivity index (χ3v) is 8.92. The zero-order valence-corrected chi connectivity index (χ0v) is 28.8. The molecule has 0 aliphatic carbocycles. The number of hydrogen-bond donors (Lipinski definition) is 3. The first-order valence-corrected chi connectivity index (χ1v) is 17.8. The van der Waals surface area contributed by atoms with Crippen molar-refractivity contribution < 1.29 is 33.0 Å². The number of alkyl carbamates (subject to hydrolysis) is 1. The van der Waals surface area contributed by atoms with Gasteiger partial charge in [0.15, 0.2) is 0 Å². The smallest absolute Gasteiger partial charge is 0.407 e. The van der Waals surface area contributed by atoms with Gasteiger partial charge < -0.3 is 30.4 Å². The van der Waals surface area contributed by atoms with E-state index in [-0.39, 0.29) is 42.7 Å². The molecule has 2 amide bonds. The van der Waals surface area contributed by atoms with Gasteiger partial charge in [0.25, 0.3) is 0 Å². The van der Waals surface area contributed by atoms with E-state index in [9.17, 15) is 23.9 Å². The number of amides is 2. The Hall–Kier alpha value is -3.55. The van der Waals surface area contributed by atoms with E-state index in [4.69, 9.17) is 10.5 Å². The minimum Gasteiger partial charge on any atom is -0.480 e. The molecular formula is C34H44F2N4O5S2. The van der Waals surface area contributed by atoms with Crippen molar-refractivity contribution in [1.82, 2.24) is 14.8 Å². The minimum absolute atomic E-state index is 0.0253. The summed E-state index contributed by atoms with van der Waals surface area (Å²) >= 11 is 2.69. The third kappa shape index (κ3) is 11.6. The molecule has 47 heavy (non-hydrogen) atoms. The van der Waals surface area contributed by atoms with E-state index < -0.39 is 41.2 Å². The van der Waals surface area contributed by atoms with E-state index in [2.05, 4.69) is 5.32 Å². The van der Waals surface area contributed by atoms with Crippen LogP contribution in [0.2, 0.25) is 0 Å². The summed E-state index contributed by atoms with van der Waals surface area (Å²) < 4.78 is 36.5. The first-order chi connectivity index (χ1) is 22.3. The van der Waals surface area contributed by atoms with Gasteiger partial charge in [-0.25, -0.2) is 13.6 Å². The van der Waals surface area contributed by atoms with Crippen LogP contribution in [0.15, 0.2) is 60.8 Å². The van der Waals surface area contributed by atoms with Gasteiger partial charge in [0.05, 0.1) is 11.8 Å². The molecule has 0 bridgehead atoms. The number of nitrogens with two attached hydrogens (primary N) is 1. The number of nitrogens with zero attached hydrogens (tertiary/aromatic N) is 2. The number of aromatic nitrogens is 1. The second-order valence-electron chi connectivity index (χ2n) is 12.1. The topological polar surface area (TPSA) is 127 Å². The Labute approximate surface area is 283 Å². The van der Waals surface area contributed by atoms with Crippen LogP contribution in [-0.4, -0.2) is 81.8 Å². The molecule has 0 aliphatic heterocycles. The van der Waals surface area contributed by atoms with E-state index in [1.807, 2.05) is 61.9 Å². The van der Waals surface area contributed by atoms with Crippen LogP contribution in [0.5, 0.6) is 0 Å². The molecule has 3 rings (SSSR count). The second kappa shape index (κ2) is 18.1. The number of carboxylic acids is 1. The van der Waals surface area contributed by atoms with Gasteiger partial charge in [-0.1, -0.05) is 51.1 Å². The molecule has 0 fully saturated rings. The van der Waals surface area contributed by atoms with Gasteiger partial charge in [-0.3, -0.25) is 9.59 Å². The van der Waals surface area contributed by atoms with Crippen molar-refractivity contribution in [2.24, 2.45) is 11.1 Å². The van der Waals surface area contributed by atoms with Crippen molar-refractivity contribution in [3.8, 4) is 11.1 Å². The maximum absolute atomic E-state index is 15.0. The van der Waals surface area contributed by atoms with Gasteiger partial charge in [0.2, 0.25) is 5.91 Å². The Morgan fingerprint density at radius 1 is 1.11 bits per heavy atom. The molecule has 256 valence electrons. The third-order valence-electron chi connectivity index (χ3n) is 7.30. The van der Waals surface area contributed by atoms with Gasteiger partial charge >= 0.3 is 12.1 Å². The maximum atomic E-state index is 15.0. The lowest BCUT2D eigenvalue weighted by Crippen LogP contribution is -2.44. The predicted octanol–water partition coefficient (Wildman–Crippen LogP) is 6.02. The summed E-state index contributed by atoms with van der Waals surface area (Å²) in [5.74, 6) is -1.84. The van der Waals surface area contributed by atoms with Crippen LogP contribution in [0.4, 0.5) is 13.6 Å². The molecule has 0 radical (unpaired) electrons. The quantitative estimate of drug-likeness (QED) is 0.147. The molecule has 3 aromatic rings. The zero-order valence-electron chi connectivity index (χ0n) is 27.2. The molecular weight excluding hydrogens is 647 g/mol. The molecule has 0 spiro atoms. The summed E-state index contributed by atoms with van der Waals surface area (Å²) in [7, 11) is 0. The summed E-state index contributed by atoms with van der Waals surface area (Å²) in [5.41, 5.74) is 7.39. The van der Waals surface area contributed by atoms with Crippen molar-refractivity contribution in [3.63, 3.8) is 0 Å². The lowest BCUT2D eigenvalue weighted by molar-refractivity contribution is -0.138. The molecule has 0 aliphatic rings. The average molecular weight is 691 g/mol. The number of aliphatic carboxylic acids is 1. The average Bonchev–Trinajstić information content (AvgIpc) is 3.41. The monoisotopic (exact) mass is 690 g/mol. The fourth-order valence-corrected chi connectivity index (χ4v) is 6.25. The highest BCUT2D eigenvalue weighted by Gasteiger charge is 2.37. The normalized spacial score (nSPS) is 12.7. The van der Waals surface area contributed by atoms with E-state index in [1.54, 1.807) is 28.9 Å². The molecule has 2 aromatic carbocycles. The number of carboxylic acid groups (broad SMARTS) is 1. The van der Waals surface area contributed by atoms with E-state index >= 15 is 4.39 Å². The summed E-state index contributed by atoms with van der Waals surface area (Å²) in [6.45, 7) is 7.18. The van der Waals surface area contributed by atoms with E-state index in [0.717, 1.165) is 35.5 Å². The Balaban J connectivity index is 2.02. The van der Waals surface area contributed by atoms with Gasteiger partial charge in [-0.05, 0) is 47.9 Å². The van der Waals surface area contributed by atoms with Gasteiger partial charge in [-0.15, -0.1) is 11.8 Å². The lowest BCUT2D eigenvalue weighted by Gasteiger charge is -2.41. The SMILES string of the molecule is CSCCOC(=O)NCCCN(C(=O)CSC[C@H](N)C(=O)O)C(c1cc(-c2cc(F)ccc2F)cn1Cc1ccccc1)C(C)(C)C. The van der Waals surface area contributed by atoms with E-state index in [0.29, 0.717) is 30.0 Å². The first-order valence-electron chi connectivity index (χ1n) is 15.3. The van der Waals surface area contributed by atoms with Crippen molar-refractivity contribution in [2.75, 3.05) is 43.2 Å². The van der Waals surface area contributed by atoms with Crippen LogP contribution in [-0.2, 0) is 20.9 Å². The number of thioether (sulfide) groups is 2. The van der Waals surface area contributed by atoms with Crippen LogP contribution in [0.3, 0.4) is 0 Å². The molecule has 0 saturated carbocycles. The van der Waals surface area contributed by atoms with Crippen LogP contribution >= 0.6 is 23.5 Å². The fraction of sp³-hybridized carbons (Fsp3) is 0.441. The Kier molecular flexibility index (Phi) is 14.6. The number of benzene rings is 2. The molecule has 13 heteroatoms. The lowest BCUT2D eigenvalue weighted by atomic mass is 9.83. The van der Waals surface area contributed by atoms with E-state index in [1.165, 1.54) is 0 Å². The Morgan fingerprint density at radius 3 is 2.49 bits per heavy atom. The molecule has 1 heterocycles. The van der Waals surface area contributed by atoms with Crippen molar-refractivity contribution in [2.45, 2.75) is 45.8 Å². The van der Waals surface area contributed by atoms with Crippen LogP contribution in [0, 0.1) is 17.0 Å². The summed E-state index contributed by atoms with van der Waals surface area (Å²) in [4.78, 5) is 39.1. The number of carbonyl (C=O) groups excluding carboxylic acids is 2. The van der Waals surface area contributed by atoms with Gasteiger partial charge in [0.1, 0.15) is 24.3 Å². The molecule has 4 N–H and O–H groups in total. The molecule has 2 atom stereocenters. The number of carbonyl (C=O) groups is 3. The van der Waals surface area contributed by atoms with Gasteiger partial charge in [-0.2, -0.15) is 11.8 Å². The predicted molar refractivity (Wildman–Crippen MR) is 185 cm³/mol. The molecule has 1 unspecified atom stereocenters. The van der Waals surface area contributed by atoms with Crippen LogP contribution in [0.1, 0.15) is 44.5 Å². The highest BCUT2D eigenvalue weighted by molar-refractivity contribution is 8.00. The highest BCUT2D eigenvalue weighted by atomic mass is 32.2. The Morgan fingerprint density at radius 2 is 1.83 bits per heavy atom. The molecule has 9 nitrogen and oxygen atoms in total. The first kappa shape index (κ1) is 37.9. The summed E-state index contributed by atoms with van der Waals surface area (Å²) in [5, 5.41) is 11.9. The molecule has 1 aromatic heterocycles. The summed E-state index contributed by atoms with van der Waals surface area (Å²) in [6.07, 6.45) is 3.55. The van der Waals surface area contributed by atoms with Crippen molar-refractivity contribution >= 4 is 41.5 Å². The Bertz CT molecular complexity index is 1480. The summed E-state index contributed by atoms with van der Waals surface area (Å²) in [6, 6.07) is 13.1. The van der Waals surface area contributed by atoms with Gasteiger partial charge in [0, 0.05) is 54.2 Å². The highest BCUT2D eigenvalue weighted by Crippen LogP contribution is 2.41.